The molecule has 0 unspecified atom stereocenters. The third-order valence-electron chi connectivity index (χ3n) is 2.51. The van der Waals surface area contributed by atoms with Gasteiger partial charge in [0.1, 0.15) is 5.82 Å². The van der Waals surface area contributed by atoms with E-state index in [1.165, 1.54) is 17.8 Å². The smallest absolute Gasteiger partial charge is 0.382 e. The summed E-state index contributed by atoms with van der Waals surface area (Å²) in [7, 11) is 0. The van der Waals surface area contributed by atoms with Crippen LogP contribution in [0.15, 0.2) is 35.6 Å². The molecule has 2 heterocycles. The number of alkyl halides is 3. The van der Waals surface area contributed by atoms with Crippen LogP contribution in [-0.2, 0) is 12.7 Å². The van der Waals surface area contributed by atoms with Gasteiger partial charge in [-0.15, -0.1) is 11.8 Å². The largest absolute Gasteiger partial charge is 0.417 e. The van der Waals surface area contributed by atoms with E-state index in [4.69, 9.17) is 5.73 Å². The summed E-state index contributed by atoms with van der Waals surface area (Å²) < 4.78 is 38.8. The molecule has 0 saturated carbocycles. The highest BCUT2D eigenvalue weighted by atomic mass is 32.2. The molecule has 4 nitrogen and oxygen atoms in total. The summed E-state index contributed by atoms with van der Waals surface area (Å²) in [6.45, 7) is 0.713. The molecule has 108 valence electrons. The molecule has 0 atom stereocenters. The number of nitrogen functional groups attached to an aromatic ring is 1. The molecule has 0 aliphatic rings. The summed E-state index contributed by atoms with van der Waals surface area (Å²) in [4.78, 5) is 3.79. The topological polar surface area (TPSA) is 56.7 Å². The number of hydrogen-bond donors (Lipinski definition) is 1. The average molecular weight is 302 g/mol. The summed E-state index contributed by atoms with van der Waals surface area (Å²) in [5, 5.41) is 4.62. The molecule has 0 spiro atoms. The fraction of sp³-hybridized carbons (Fsp3) is 0.333. The second kappa shape index (κ2) is 6.17. The molecule has 0 amide bonds. The number of aryl methyl sites for hydroxylation is 1. The van der Waals surface area contributed by atoms with E-state index in [1.54, 1.807) is 16.9 Å². The first kappa shape index (κ1) is 14.7. The van der Waals surface area contributed by atoms with E-state index in [0.29, 0.717) is 17.4 Å². The number of pyridine rings is 1. The third kappa shape index (κ3) is 4.16. The number of nitrogens with two attached hydrogens (primary N) is 1. The maximum absolute atomic E-state index is 12.3. The van der Waals surface area contributed by atoms with Crippen molar-refractivity contribution in [1.29, 1.82) is 0 Å². The van der Waals surface area contributed by atoms with Crippen molar-refractivity contribution in [2.45, 2.75) is 24.2 Å². The summed E-state index contributed by atoms with van der Waals surface area (Å²) in [5.41, 5.74) is 4.76. The summed E-state index contributed by atoms with van der Waals surface area (Å²) in [6, 6.07) is 4.15. The molecule has 0 fully saturated rings. The van der Waals surface area contributed by atoms with E-state index in [2.05, 4.69) is 10.1 Å². The quantitative estimate of drug-likeness (QED) is 0.681. The Hall–Kier alpha value is -1.70. The molecule has 20 heavy (non-hydrogen) atoms. The monoisotopic (exact) mass is 302 g/mol. The van der Waals surface area contributed by atoms with Crippen molar-refractivity contribution in [3.05, 3.63) is 36.2 Å². The number of halogens is 3. The number of rotatable bonds is 5. The Morgan fingerprint density at radius 3 is 2.60 bits per heavy atom. The predicted octanol–water partition coefficient (Wildman–Crippen LogP) is 3.06. The van der Waals surface area contributed by atoms with Crippen LogP contribution in [0, 0.1) is 0 Å². The summed E-state index contributed by atoms with van der Waals surface area (Å²) in [6.07, 6.45) is -0.863. The van der Waals surface area contributed by atoms with Crippen molar-refractivity contribution in [1.82, 2.24) is 14.8 Å². The van der Waals surface area contributed by atoms with E-state index >= 15 is 0 Å². The molecule has 0 bridgehead atoms. The minimum absolute atomic E-state index is 0.474. The van der Waals surface area contributed by atoms with Gasteiger partial charge >= 0.3 is 6.18 Å². The first-order valence-corrected chi connectivity index (χ1v) is 6.89. The van der Waals surface area contributed by atoms with Gasteiger partial charge in [-0.2, -0.15) is 18.3 Å². The van der Waals surface area contributed by atoms with Gasteiger partial charge in [-0.3, -0.25) is 4.68 Å². The lowest BCUT2D eigenvalue weighted by Crippen LogP contribution is -2.05. The van der Waals surface area contributed by atoms with E-state index in [0.717, 1.165) is 24.4 Å². The van der Waals surface area contributed by atoms with Crippen molar-refractivity contribution in [2.24, 2.45) is 0 Å². The van der Waals surface area contributed by atoms with Crippen LogP contribution >= 0.6 is 11.8 Å². The molecular formula is C12H13F3N4S. The lowest BCUT2D eigenvalue weighted by Gasteiger charge is -2.06. The first-order chi connectivity index (χ1) is 9.45. The van der Waals surface area contributed by atoms with Crippen LogP contribution in [0.1, 0.15) is 12.0 Å². The lowest BCUT2D eigenvalue weighted by atomic mass is 10.3. The Morgan fingerprint density at radius 2 is 2.05 bits per heavy atom. The van der Waals surface area contributed by atoms with Gasteiger partial charge in [0, 0.05) is 24.7 Å². The molecule has 2 aromatic rings. The SMILES string of the molecule is Nc1ccn(CCCSc2ccc(C(F)(F)F)cn2)n1. The van der Waals surface area contributed by atoms with Gasteiger partial charge in [0.2, 0.25) is 0 Å². The molecular weight excluding hydrogens is 289 g/mol. The highest BCUT2D eigenvalue weighted by Gasteiger charge is 2.30. The fourth-order valence-electron chi connectivity index (χ4n) is 1.54. The van der Waals surface area contributed by atoms with E-state index in [1.807, 2.05) is 0 Å². The highest BCUT2D eigenvalue weighted by Crippen LogP contribution is 2.29. The third-order valence-corrected chi connectivity index (χ3v) is 3.54. The zero-order valence-electron chi connectivity index (χ0n) is 10.5. The average Bonchev–Trinajstić information content (AvgIpc) is 2.80. The van der Waals surface area contributed by atoms with Crippen LogP contribution in [-0.4, -0.2) is 20.5 Å². The standard InChI is InChI=1S/C12H13F3N4S/c13-12(14,15)9-2-3-11(17-8-9)20-7-1-5-19-6-4-10(16)18-19/h2-4,6,8H,1,5,7H2,(H2,16,18). The van der Waals surface area contributed by atoms with E-state index in [9.17, 15) is 13.2 Å². The van der Waals surface area contributed by atoms with Crippen molar-refractivity contribution in [3.63, 3.8) is 0 Å². The molecule has 2 rings (SSSR count). The minimum atomic E-state index is -4.34. The van der Waals surface area contributed by atoms with Crippen LogP contribution in [0.4, 0.5) is 19.0 Å². The normalized spacial score (nSPS) is 11.8. The number of nitrogens with zero attached hydrogens (tertiary/aromatic N) is 3. The summed E-state index contributed by atoms with van der Waals surface area (Å²) >= 11 is 1.41. The molecule has 2 N–H and O–H groups in total. The Morgan fingerprint density at radius 1 is 1.25 bits per heavy atom. The molecule has 0 aliphatic carbocycles. The second-order valence-electron chi connectivity index (χ2n) is 4.09. The van der Waals surface area contributed by atoms with E-state index in [-0.39, 0.29) is 0 Å². The number of hydrogen-bond acceptors (Lipinski definition) is 4. The van der Waals surface area contributed by atoms with Crippen molar-refractivity contribution in [2.75, 3.05) is 11.5 Å². The Balaban J connectivity index is 1.77. The Bertz CT molecular complexity index is 551. The van der Waals surface area contributed by atoms with Gasteiger partial charge in [-0.1, -0.05) is 0 Å². The van der Waals surface area contributed by atoms with Gasteiger partial charge in [-0.25, -0.2) is 4.98 Å². The van der Waals surface area contributed by atoms with Crippen molar-refractivity contribution in [3.8, 4) is 0 Å². The molecule has 0 saturated heterocycles. The van der Waals surface area contributed by atoms with Gasteiger partial charge < -0.3 is 5.73 Å². The summed E-state index contributed by atoms with van der Waals surface area (Å²) in [5.74, 6) is 1.22. The fourth-order valence-corrected chi connectivity index (χ4v) is 2.31. The van der Waals surface area contributed by atoms with Crippen LogP contribution < -0.4 is 5.73 Å². The van der Waals surface area contributed by atoms with Crippen LogP contribution in [0.2, 0.25) is 0 Å². The van der Waals surface area contributed by atoms with Crippen molar-refractivity contribution < 1.29 is 13.2 Å². The number of aromatic nitrogens is 3. The second-order valence-corrected chi connectivity index (χ2v) is 5.20. The Labute approximate surface area is 118 Å². The zero-order chi connectivity index (χ0) is 14.6. The van der Waals surface area contributed by atoms with Gasteiger partial charge in [0.15, 0.2) is 0 Å². The van der Waals surface area contributed by atoms with Gasteiger partial charge in [0.05, 0.1) is 10.6 Å². The molecule has 2 aromatic heterocycles. The lowest BCUT2D eigenvalue weighted by molar-refractivity contribution is -0.137. The number of anilines is 1. The zero-order valence-corrected chi connectivity index (χ0v) is 11.3. The van der Waals surface area contributed by atoms with Crippen LogP contribution in [0.3, 0.4) is 0 Å². The van der Waals surface area contributed by atoms with Gasteiger partial charge in [-0.05, 0) is 24.6 Å². The predicted molar refractivity (Wildman–Crippen MR) is 71.2 cm³/mol. The molecule has 0 aromatic carbocycles. The minimum Gasteiger partial charge on any atom is -0.382 e. The molecule has 8 heteroatoms. The molecule has 0 radical (unpaired) electrons. The first-order valence-electron chi connectivity index (χ1n) is 5.90. The Kier molecular flexibility index (Phi) is 4.53. The maximum Gasteiger partial charge on any atom is 0.417 e. The highest BCUT2D eigenvalue weighted by molar-refractivity contribution is 7.99. The van der Waals surface area contributed by atoms with Crippen LogP contribution in [0.25, 0.3) is 0 Å². The van der Waals surface area contributed by atoms with E-state index < -0.39 is 11.7 Å². The number of thioether (sulfide) groups is 1. The molecule has 0 aliphatic heterocycles. The van der Waals surface area contributed by atoms with Crippen LogP contribution in [0.5, 0.6) is 0 Å². The van der Waals surface area contributed by atoms with Crippen molar-refractivity contribution >= 4 is 17.6 Å². The maximum atomic E-state index is 12.3. The van der Waals surface area contributed by atoms with Gasteiger partial charge in [0.25, 0.3) is 0 Å².